The number of amides is 1. The SMILES string of the molecule is COc1ccc(-c2nc3cc(C(C)C)ccc3o2)cc1NC(=S)NC(=O)c1ccc(-c2ccc(Cl)cc2Cl)o1. The molecule has 0 atom stereocenters. The van der Waals surface area contributed by atoms with Crippen molar-refractivity contribution < 1.29 is 18.4 Å². The largest absolute Gasteiger partial charge is 0.495 e. The number of aromatic nitrogens is 1. The van der Waals surface area contributed by atoms with E-state index in [0.717, 1.165) is 5.52 Å². The molecule has 0 aliphatic heterocycles. The van der Waals surface area contributed by atoms with Crippen LogP contribution in [-0.2, 0) is 0 Å². The van der Waals surface area contributed by atoms with Crippen LogP contribution in [0.3, 0.4) is 0 Å². The summed E-state index contributed by atoms with van der Waals surface area (Å²) in [5.74, 6) is 1.31. The highest BCUT2D eigenvalue weighted by Gasteiger charge is 2.17. The van der Waals surface area contributed by atoms with Crippen molar-refractivity contribution in [3.05, 3.63) is 88.1 Å². The number of oxazole rings is 1. The number of ether oxygens (including phenoxy) is 1. The molecule has 0 unspecified atom stereocenters. The van der Waals surface area contributed by atoms with Crippen LogP contribution in [0.5, 0.6) is 5.75 Å². The Balaban J connectivity index is 1.33. The maximum Gasteiger partial charge on any atom is 0.293 e. The molecule has 2 N–H and O–H groups in total. The normalized spacial score (nSPS) is 11.1. The zero-order chi connectivity index (χ0) is 27.7. The molecule has 0 radical (unpaired) electrons. The molecule has 0 aliphatic rings. The Morgan fingerprint density at radius 1 is 1.00 bits per heavy atom. The molecule has 3 aromatic carbocycles. The Bertz CT molecular complexity index is 1710. The van der Waals surface area contributed by atoms with Gasteiger partial charge in [0.2, 0.25) is 5.89 Å². The molecule has 39 heavy (non-hydrogen) atoms. The zero-order valence-corrected chi connectivity index (χ0v) is 23.5. The number of carbonyl (C=O) groups excluding carboxylic acids is 1. The lowest BCUT2D eigenvalue weighted by molar-refractivity contribution is 0.0951. The minimum absolute atomic E-state index is 0.0528. The van der Waals surface area contributed by atoms with Crippen molar-refractivity contribution in [2.24, 2.45) is 0 Å². The van der Waals surface area contributed by atoms with E-state index in [1.54, 1.807) is 43.5 Å². The van der Waals surface area contributed by atoms with Crippen molar-refractivity contribution in [2.75, 3.05) is 12.4 Å². The second kappa shape index (κ2) is 11.1. The van der Waals surface area contributed by atoms with Gasteiger partial charge in [-0.3, -0.25) is 10.1 Å². The van der Waals surface area contributed by atoms with Crippen LogP contribution in [0.4, 0.5) is 5.69 Å². The number of carbonyl (C=O) groups is 1. The third-order valence-corrected chi connectivity index (χ3v) is 6.78. The Kier molecular flexibility index (Phi) is 7.61. The number of halogens is 2. The maximum absolute atomic E-state index is 12.8. The molecule has 0 bridgehead atoms. The van der Waals surface area contributed by atoms with E-state index in [2.05, 4.69) is 29.5 Å². The summed E-state index contributed by atoms with van der Waals surface area (Å²) in [6.07, 6.45) is 0. The molecular weight excluding hydrogens is 557 g/mol. The summed E-state index contributed by atoms with van der Waals surface area (Å²) in [7, 11) is 1.54. The number of hydrogen-bond donors (Lipinski definition) is 2. The van der Waals surface area contributed by atoms with E-state index in [9.17, 15) is 4.79 Å². The Morgan fingerprint density at radius 3 is 2.56 bits per heavy atom. The number of hydrogen-bond acceptors (Lipinski definition) is 6. The summed E-state index contributed by atoms with van der Waals surface area (Å²) >= 11 is 17.6. The van der Waals surface area contributed by atoms with Gasteiger partial charge in [0, 0.05) is 16.1 Å². The molecule has 0 fully saturated rings. The van der Waals surface area contributed by atoms with Crippen LogP contribution < -0.4 is 15.4 Å². The van der Waals surface area contributed by atoms with Gasteiger partial charge in [-0.25, -0.2) is 4.98 Å². The van der Waals surface area contributed by atoms with Gasteiger partial charge >= 0.3 is 0 Å². The second-order valence-corrected chi connectivity index (χ2v) is 10.3. The molecule has 0 saturated carbocycles. The average Bonchev–Trinajstić information content (AvgIpc) is 3.56. The summed E-state index contributed by atoms with van der Waals surface area (Å²) in [6.45, 7) is 4.26. The highest BCUT2D eigenvalue weighted by atomic mass is 35.5. The van der Waals surface area contributed by atoms with Gasteiger partial charge in [-0.15, -0.1) is 0 Å². The first-order chi connectivity index (χ1) is 18.7. The molecule has 1 amide bonds. The summed E-state index contributed by atoms with van der Waals surface area (Å²) in [5, 5.41) is 6.60. The lowest BCUT2D eigenvalue weighted by atomic mass is 10.0. The molecule has 5 aromatic rings. The number of benzene rings is 3. The number of methoxy groups -OCH3 is 1. The van der Waals surface area contributed by atoms with Crippen LogP contribution in [-0.4, -0.2) is 23.1 Å². The number of fused-ring (bicyclic) bond motifs is 1. The van der Waals surface area contributed by atoms with E-state index in [4.69, 9.17) is 49.0 Å². The van der Waals surface area contributed by atoms with Gasteiger partial charge in [-0.05, 0) is 84.4 Å². The number of furan rings is 1. The number of nitrogens with one attached hydrogen (secondary N) is 2. The fourth-order valence-corrected chi connectivity index (χ4v) is 4.68. The molecule has 2 aromatic heterocycles. The predicted molar refractivity (Wildman–Crippen MR) is 158 cm³/mol. The predicted octanol–water partition coefficient (Wildman–Crippen LogP) is 8.32. The molecule has 5 rings (SSSR count). The lowest BCUT2D eigenvalue weighted by Crippen LogP contribution is -2.34. The van der Waals surface area contributed by atoms with Gasteiger partial charge in [0.1, 0.15) is 17.0 Å². The Morgan fingerprint density at radius 2 is 1.82 bits per heavy atom. The fourth-order valence-electron chi connectivity index (χ4n) is 3.98. The van der Waals surface area contributed by atoms with Gasteiger partial charge in [0.25, 0.3) is 5.91 Å². The minimum atomic E-state index is -0.529. The molecule has 0 saturated heterocycles. The molecule has 0 spiro atoms. The first-order valence-electron chi connectivity index (χ1n) is 12.0. The molecule has 0 aliphatic carbocycles. The number of anilines is 1. The van der Waals surface area contributed by atoms with Crippen molar-refractivity contribution in [1.82, 2.24) is 10.3 Å². The van der Waals surface area contributed by atoms with Crippen LogP contribution in [0.15, 0.2) is 75.6 Å². The monoisotopic (exact) mass is 579 g/mol. The van der Waals surface area contributed by atoms with Gasteiger partial charge in [-0.1, -0.05) is 43.1 Å². The van der Waals surface area contributed by atoms with E-state index >= 15 is 0 Å². The first-order valence-corrected chi connectivity index (χ1v) is 13.1. The first kappa shape index (κ1) is 26.7. The standard InChI is InChI=1S/C29H23Cl2N3O4S/c1-15(2)16-4-9-25-22(12-16)32-28(38-25)17-5-8-24(36-3)21(13-17)33-29(39)34-27(35)26-11-10-23(37-26)19-7-6-18(30)14-20(19)31/h4-15H,1-3H3,(H2,33,34,35,39). The Labute approximate surface area is 240 Å². The number of rotatable bonds is 6. The highest BCUT2D eigenvalue weighted by Crippen LogP contribution is 2.33. The van der Waals surface area contributed by atoms with Gasteiger partial charge in [-0.2, -0.15) is 0 Å². The van der Waals surface area contributed by atoms with E-state index in [1.807, 2.05) is 24.3 Å². The molecular formula is C29H23Cl2N3O4S. The van der Waals surface area contributed by atoms with Crippen molar-refractivity contribution in [3.8, 4) is 28.5 Å². The Hall–Kier alpha value is -3.85. The van der Waals surface area contributed by atoms with E-state index in [0.29, 0.717) is 55.8 Å². The van der Waals surface area contributed by atoms with E-state index in [1.165, 1.54) is 11.6 Å². The van der Waals surface area contributed by atoms with Crippen molar-refractivity contribution in [3.63, 3.8) is 0 Å². The van der Waals surface area contributed by atoms with Crippen molar-refractivity contribution in [2.45, 2.75) is 19.8 Å². The van der Waals surface area contributed by atoms with Crippen LogP contribution in [0.2, 0.25) is 10.0 Å². The third-order valence-electron chi connectivity index (χ3n) is 6.03. The number of nitrogens with zero attached hydrogens (tertiary/aromatic N) is 1. The minimum Gasteiger partial charge on any atom is -0.495 e. The summed E-state index contributed by atoms with van der Waals surface area (Å²) in [6, 6.07) is 19.6. The third kappa shape index (κ3) is 5.78. The maximum atomic E-state index is 12.8. The smallest absolute Gasteiger partial charge is 0.293 e. The molecule has 2 heterocycles. The van der Waals surface area contributed by atoms with Crippen molar-refractivity contribution >= 4 is 63.2 Å². The lowest BCUT2D eigenvalue weighted by Gasteiger charge is -2.13. The van der Waals surface area contributed by atoms with Crippen LogP contribution in [0.25, 0.3) is 33.9 Å². The molecule has 198 valence electrons. The molecule has 7 nitrogen and oxygen atoms in total. The van der Waals surface area contributed by atoms with Crippen LogP contribution in [0, 0.1) is 0 Å². The average molecular weight is 580 g/mol. The summed E-state index contributed by atoms with van der Waals surface area (Å²) in [4.78, 5) is 17.5. The topological polar surface area (TPSA) is 89.5 Å². The van der Waals surface area contributed by atoms with E-state index < -0.39 is 5.91 Å². The van der Waals surface area contributed by atoms with Crippen LogP contribution >= 0.6 is 35.4 Å². The number of thiocarbonyl (C=S) groups is 1. The fraction of sp³-hybridized carbons (Fsp3) is 0.138. The quantitative estimate of drug-likeness (QED) is 0.195. The van der Waals surface area contributed by atoms with E-state index in [-0.39, 0.29) is 10.9 Å². The van der Waals surface area contributed by atoms with Gasteiger partial charge in [0.05, 0.1) is 17.8 Å². The second-order valence-electron chi connectivity index (χ2n) is 9.01. The molecule has 10 heteroatoms. The van der Waals surface area contributed by atoms with Gasteiger partial charge < -0.3 is 18.9 Å². The van der Waals surface area contributed by atoms with Crippen LogP contribution in [0.1, 0.15) is 35.9 Å². The summed E-state index contributed by atoms with van der Waals surface area (Å²) < 4.78 is 17.2. The summed E-state index contributed by atoms with van der Waals surface area (Å²) in [5.41, 5.74) is 4.51. The van der Waals surface area contributed by atoms with Gasteiger partial charge in [0.15, 0.2) is 16.5 Å². The highest BCUT2D eigenvalue weighted by molar-refractivity contribution is 7.80. The van der Waals surface area contributed by atoms with Crippen molar-refractivity contribution in [1.29, 1.82) is 0 Å². The zero-order valence-electron chi connectivity index (χ0n) is 21.2.